The number of rotatable bonds is 9. The molecular weight excluding hydrogens is 712 g/mol. The molecule has 19 heteroatoms. The van der Waals surface area contributed by atoms with Gasteiger partial charge in [-0.25, -0.2) is 4.42 Å². The lowest BCUT2D eigenvalue weighted by Crippen LogP contribution is -2.61. The van der Waals surface area contributed by atoms with Gasteiger partial charge in [-0.05, 0) is 25.5 Å². The molecule has 0 radical (unpaired) electrons. The number of hydrogen-bond acceptors (Lipinski definition) is 18. The maximum absolute atomic E-state index is 11.0. The van der Waals surface area contributed by atoms with E-state index in [0.717, 1.165) is 18.2 Å². The molecule has 0 bridgehead atoms. The summed E-state index contributed by atoms with van der Waals surface area (Å²) in [6.07, 6.45) is -22.0. The molecule has 0 amide bonds. The fraction of sp³-hybridized carbons (Fsp3) is 0.559. The van der Waals surface area contributed by atoms with E-state index in [4.69, 9.17) is 28.1 Å². The second-order valence-corrected chi connectivity index (χ2v) is 13.5. The second-order valence-electron chi connectivity index (χ2n) is 13.5. The Balaban J connectivity index is 1.34. The van der Waals surface area contributed by atoms with Gasteiger partial charge in [-0.15, -0.1) is 0 Å². The van der Waals surface area contributed by atoms with Gasteiger partial charge in [-0.3, -0.25) is 0 Å². The van der Waals surface area contributed by atoms with Gasteiger partial charge in [-0.2, -0.15) is 0 Å². The molecule has 1 aliphatic carbocycles. The number of phenolic OH excluding ortho intramolecular Hbond substituents is 3. The van der Waals surface area contributed by atoms with Gasteiger partial charge in [0.05, 0.1) is 30.4 Å². The highest BCUT2D eigenvalue weighted by Crippen LogP contribution is 2.43. The number of aliphatic hydroxyl groups excluding tert-OH is 10. The Morgan fingerprint density at radius 2 is 1.36 bits per heavy atom. The average Bonchev–Trinajstić information content (AvgIpc) is 3.13. The Morgan fingerprint density at radius 1 is 0.679 bits per heavy atom. The van der Waals surface area contributed by atoms with Crippen LogP contribution in [-0.4, -0.2) is 165 Å². The van der Waals surface area contributed by atoms with Crippen LogP contribution >= 0.6 is 0 Å². The molecule has 1 aromatic heterocycles. The lowest BCUT2D eigenvalue weighted by Gasteiger charge is -2.42. The first kappa shape index (κ1) is 39.0. The summed E-state index contributed by atoms with van der Waals surface area (Å²) in [5.74, 6) is -2.82. The van der Waals surface area contributed by atoms with Crippen LogP contribution in [0.3, 0.4) is 0 Å². The van der Waals surface area contributed by atoms with Crippen molar-refractivity contribution in [3.63, 3.8) is 0 Å². The van der Waals surface area contributed by atoms with Crippen LogP contribution in [0.5, 0.6) is 28.7 Å². The van der Waals surface area contributed by atoms with E-state index in [1.807, 2.05) is 0 Å². The van der Waals surface area contributed by atoms with Gasteiger partial charge in [0.1, 0.15) is 77.9 Å². The second kappa shape index (κ2) is 15.6. The van der Waals surface area contributed by atoms with E-state index in [1.54, 1.807) is 0 Å². The van der Waals surface area contributed by atoms with Gasteiger partial charge < -0.3 is 90.1 Å². The SMILES string of the molecule is C[C@H]1O[C@@H](OC[C@H]2O[C@@H](Oc3cc4c(O[C@@H]5C[C@@H](CO)[C@H](O)[C@H](O)[C@@H]5O)cc(O)cc4[o+]c3-c3ccc(O)c(O)c3)[C@H](O)[C@H](O)[C@@H]2O)[C@H](O)[C@H](O)[C@H]1O. The molecule has 0 spiro atoms. The third-order valence-corrected chi connectivity index (χ3v) is 9.79. The third kappa shape index (κ3) is 7.67. The standard InChI is InChI=1S/C34H42O19/c1-11-23(39)27(43)30(46)33(49-11)48-10-22-26(42)29(45)31(47)34(53-22)52-21-8-15-18(50-20-5-13(9-35)24(40)28(44)25(20)41)6-14(36)7-19(15)51-32(21)12-2-3-16(37)17(38)4-12/h2-4,6-8,11,13,20,22-31,33-35,39-47H,5,9-10H2,1H3,(H2-,36,37,38)/p+1/t11-,13+,20-,22-,23+,24+,25-,26-,27-,28+,29-,30-,31-,33-,34-/m1/s1. The van der Waals surface area contributed by atoms with Gasteiger partial charge in [0.15, 0.2) is 17.8 Å². The fourth-order valence-corrected chi connectivity index (χ4v) is 6.58. The zero-order valence-corrected chi connectivity index (χ0v) is 28.0. The molecule has 53 heavy (non-hydrogen) atoms. The number of hydrogen-bond donors (Lipinski definition) is 13. The molecule has 0 unspecified atom stereocenters. The molecule has 6 rings (SSSR count). The normalized spacial score (nSPS) is 37.8. The highest BCUT2D eigenvalue weighted by Gasteiger charge is 2.48. The van der Waals surface area contributed by atoms with E-state index in [9.17, 15) is 66.4 Å². The Hall–Kier alpha value is -3.67. The summed E-state index contributed by atoms with van der Waals surface area (Å²) in [4.78, 5) is 0. The number of fused-ring (bicyclic) bond motifs is 1. The van der Waals surface area contributed by atoms with Crippen LogP contribution in [0, 0.1) is 5.92 Å². The molecule has 3 aromatic rings. The van der Waals surface area contributed by atoms with Crippen molar-refractivity contribution in [3.8, 4) is 40.1 Å². The van der Waals surface area contributed by atoms with Gasteiger partial charge in [-0.1, -0.05) is 0 Å². The summed E-state index contributed by atoms with van der Waals surface area (Å²) in [5.41, 5.74) is 0.0385. The summed E-state index contributed by atoms with van der Waals surface area (Å²) < 4.78 is 34.9. The molecule has 19 nitrogen and oxygen atoms in total. The Kier molecular flexibility index (Phi) is 11.5. The molecule has 1 saturated carbocycles. The molecule has 2 aliphatic heterocycles. The smallest absolute Gasteiger partial charge is 0.402 e. The first-order valence-electron chi connectivity index (χ1n) is 16.7. The van der Waals surface area contributed by atoms with Crippen LogP contribution in [0.15, 0.2) is 40.8 Å². The molecule has 3 fully saturated rings. The molecular formula is C34H43O19+. The third-order valence-electron chi connectivity index (χ3n) is 9.79. The summed E-state index contributed by atoms with van der Waals surface area (Å²) in [7, 11) is 0. The molecule has 3 aliphatic rings. The van der Waals surface area contributed by atoms with E-state index in [2.05, 4.69) is 0 Å². The summed E-state index contributed by atoms with van der Waals surface area (Å²) >= 11 is 0. The minimum absolute atomic E-state index is 0.0566. The Labute approximate surface area is 300 Å². The lowest BCUT2D eigenvalue weighted by atomic mass is 9.81. The Morgan fingerprint density at radius 3 is 2.06 bits per heavy atom. The van der Waals surface area contributed by atoms with Gasteiger partial charge in [0, 0.05) is 30.7 Å². The fourth-order valence-electron chi connectivity index (χ4n) is 6.58. The zero-order chi connectivity index (χ0) is 38.5. The molecule has 13 N–H and O–H groups in total. The number of phenols is 3. The van der Waals surface area contributed by atoms with Crippen LogP contribution in [0.1, 0.15) is 13.3 Å². The highest BCUT2D eigenvalue weighted by atomic mass is 16.7. The first-order chi connectivity index (χ1) is 25.1. The lowest BCUT2D eigenvalue weighted by molar-refractivity contribution is -0.318. The van der Waals surface area contributed by atoms with Crippen LogP contribution in [0.25, 0.3) is 22.3 Å². The number of aromatic hydroxyl groups is 3. The number of aliphatic hydroxyl groups is 10. The van der Waals surface area contributed by atoms with E-state index >= 15 is 0 Å². The topological polar surface area (TPSA) is 320 Å². The van der Waals surface area contributed by atoms with Gasteiger partial charge in [0.2, 0.25) is 12.0 Å². The molecule has 3 heterocycles. The van der Waals surface area contributed by atoms with Crippen molar-refractivity contribution >= 4 is 11.0 Å². The monoisotopic (exact) mass is 755 g/mol. The minimum atomic E-state index is -1.91. The molecule has 15 atom stereocenters. The maximum Gasteiger partial charge on any atom is 0.402 e. The number of ether oxygens (including phenoxy) is 5. The van der Waals surface area contributed by atoms with Crippen LogP contribution in [0.2, 0.25) is 0 Å². The number of benzene rings is 2. The van der Waals surface area contributed by atoms with Crippen LogP contribution in [-0.2, 0) is 14.2 Å². The van der Waals surface area contributed by atoms with Gasteiger partial charge >= 0.3 is 11.3 Å². The first-order valence-corrected chi connectivity index (χ1v) is 16.7. The minimum Gasteiger partial charge on any atom is -0.507 e. The highest BCUT2D eigenvalue weighted by molar-refractivity contribution is 5.89. The average molecular weight is 756 g/mol. The zero-order valence-electron chi connectivity index (χ0n) is 28.0. The van der Waals surface area contributed by atoms with Crippen LogP contribution in [0.4, 0.5) is 0 Å². The van der Waals surface area contributed by atoms with E-state index in [1.165, 1.54) is 25.1 Å². The van der Waals surface area contributed by atoms with Crippen molar-refractivity contribution in [1.82, 2.24) is 0 Å². The summed E-state index contributed by atoms with van der Waals surface area (Å²) in [6.45, 7) is 0.316. The van der Waals surface area contributed by atoms with Crippen molar-refractivity contribution in [2.45, 2.75) is 99.2 Å². The largest absolute Gasteiger partial charge is 0.507 e. The van der Waals surface area contributed by atoms with Crippen molar-refractivity contribution in [2.75, 3.05) is 13.2 Å². The predicted molar refractivity (Wildman–Crippen MR) is 174 cm³/mol. The molecule has 2 saturated heterocycles. The summed E-state index contributed by atoms with van der Waals surface area (Å²) in [5, 5.41) is 135. The van der Waals surface area contributed by atoms with Gasteiger partial charge in [0.25, 0.3) is 0 Å². The van der Waals surface area contributed by atoms with Crippen molar-refractivity contribution < 1.29 is 94.5 Å². The van der Waals surface area contributed by atoms with Crippen molar-refractivity contribution in [1.29, 1.82) is 0 Å². The van der Waals surface area contributed by atoms with E-state index in [0.29, 0.717) is 0 Å². The summed E-state index contributed by atoms with van der Waals surface area (Å²) in [6, 6.07) is 7.25. The quantitative estimate of drug-likeness (QED) is 0.0785. The Bertz CT molecular complexity index is 1740. The van der Waals surface area contributed by atoms with Crippen molar-refractivity contribution in [2.24, 2.45) is 5.92 Å². The van der Waals surface area contributed by atoms with E-state index < -0.39 is 116 Å². The van der Waals surface area contributed by atoms with E-state index in [-0.39, 0.29) is 46.0 Å². The van der Waals surface area contributed by atoms with Crippen LogP contribution < -0.4 is 9.47 Å². The predicted octanol–water partition coefficient (Wildman–Crippen LogP) is -2.63. The molecule has 2 aromatic carbocycles. The maximum atomic E-state index is 11.0. The molecule has 292 valence electrons. The van der Waals surface area contributed by atoms with Crippen molar-refractivity contribution in [3.05, 3.63) is 36.4 Å².